The van der Waals surface area contributed by atoms with Gasteiger partial charge in [-0.25, -0.2) is 9.53 Å². The minimum Gasteiger partial charge on any atom is -0.588 e. The molecule has 0 aliphatic heterocycles. The number of ether oxygens (including phenoxy) is 1. The number of unbranched alkanes of at least 4 members (excludes halogenated alkanes) is 14. The molecule has 1 atom stereocenters. The predicted molar refractivity (Wildman–Crippen MR) is 104 cm³/mol. The van der Waals surface area contributed by atoms with Crippen LogP contribution in [0.4, 0.5) is 0 Å². The molecular weight excluding hydrogens is 348 g/mol. The van der Waals surface area contributed by atoms with Gasteiger partial charge in [0.05, 0.1) is 6.61 Å². The van der Waals surface area contributed by atoms with Gasteiger partial charge >= 0.3 is 11.9 Å². The molecule has 0 aromatic heterocycles. The zero-order chi connectivity index (χ0) is 20.2. The molecule has 0 heterocycles. The Kier molecular flexibility index (Phi) is 18.8. The van der Waals surface area contributed by atoms with Crippen LogP contribution in [-0.2, 0) is 14.1 Å². The summed E-state index contributed by atoms with van der Waals surface area (Å²) in [4.78, 5) is 11.2. The monoisotopic (exact) mass is 388 g/mol. The van der Waals surface area contributed by atoms with E-state index in [0.29, 0.717) is 6.42 Å². The van der Waals surface area contributed by atoms with Crippen LogP contribution in [0.15, 0.2) is 0 Å². The molecule has 0 saturated carbocycles. The highest BCUT2D eigenvalue weighted by molar-refractivity contribution is 5.87. The molecule has 6 heteroatoms. The van der Waals surface area contributed by atoms with Crippen molar-refractivity contribution >= 4 is 11.9 Å². The number of aliphatic hydroxyl groups excluding tert-OH is 2. The normalized spacial score (nSPS) is 12.9. The molecule has 0 aliphatic carbocycles. The number of hydrogen-bond acceptors (Lipinski definition) is 5. The lowest BCUT2D eigenvalue weighted by atomic mass is 10.0. The molecule has 0 bridgehead atoms. The van der Waals surface area contributed by atoms with Crippen molar-refractivity contribution in [3.8, 4) is 0 Å². The molecule has 27 heavy (non-hydrogen) atoms. The zero-order valence-corrected chi connectivity index (χ0v) is 17.1. The lowest BCUT2D eigenvalue weighted by molar-refractivity contribution is -1.05. The number of carbonyl (C=O) groups excluding carboxylic acids is 2. The number of carbonyl (C=O) groups is 1. The van der Waals surface area contributed by atoms with E-state index in [4.69, 9.17) is 10.2 Å². The van der Waals surface area contributed by atoms with E-state index in [0.717, 1.165) is 12.8 Å². The van der Waals surface area contributed by atoms with Gasteiger partial charge in [-0.2, -0.15) is 0 Å². The van der Waals surface area contributed by atoms with Crippen molar-refractivity contribution in [1.82, 2.24) is 0 Å². The van der Waals surface area contributed by atoms with Gasteiger partial charge in [-0.05, 0) is 6.42 Å². The van der Waals surface area contributed by atoms with Gasteiger partial charge in [0.15, 0.2) is 0 Å². The number of esters is 2. The fourth-order valence-electron chi connectivity index (χ4n) is 3.01. The standard InChI is InChI=1S/C21H40O6/c1-2-3-4-5-6-7-8-9-10-11-12-13-14-15-16-17-20(27-25)26-21(24)19(23)18-22/h19,22-23H,2-18H2,1H3. The van der Waals surface area contributed by atoms with Crippen LogP contribution in [0.3, 0.4) is 0 Å². The van der Waals surface area contributed by atoms with Gasteiger partial charge in [0.25, 0.3) is 0 Å². The van der Waals surface area contributed by atoms with Crippen molar-refractivity contribution in [2.24, 2.45) is 0 Å². The van der Waals surface area contributed by atoms with Crippen molar-refractivity contribution in [2.75, 3.05) is 6.61 Å². The second-order valence-corrected chi connectivity index (χ2v) is 7.27. The molecule has 2 N–H and O–H groups in total. The fourth-order valence-corrected chi connectivity index (χ4v) is 3.01. The molecule has 1 unspecified atom stereocenters. The molecular formula is C21H40O6. The van der Waals surface area contributed by atoms with Crippen molar-refractivity contribution < 1.29 is 29.6 Å². The van der Waals surface area contributed by atoms with E-state index in [-0.39, 0.29) is 12.4 Å². The molecule has 0 rings (SSSR count). The third kappa shape index (κ3) is 16.7. The third-order valence-corrected chi connectivity index (χ3v) is 4.74. The van der Waals surface area contributed by atoms with E-state index in [1.54, 1.807) is 0 Å². The first-order valence-corrected chi connectivity index (χ1v) is 10.8. The van der Waals surface area contributed by atoms with E-state index < -0.39 is 18.7 Å². The van der Waals surface area contributed by atoms with Gasteiger partial charge in [-0.1, -0.05) is 96.8 Å². The first-order valence-electron chi connectivity index (χ1n) is 10.8. The largest absolute Gasteiger partial charge is 0.588 e. The highest BCUT2D eigenvalue weighted by Gasteiger charge is 2.27. The molecule has 160 valence electrons. The van der Waals surface area contributed by atoms with Gasteiger partial charge in [-0.15, -0.1) is 0 Å². The van der Waals surface area contributed by atoms with E-state index >= 15 is 0 Å². The molecule has 0 radical (unpaired) electrons. The summed E-state index contributed by atoms with van der Waals surface area (Å²) in [5.41, 5.74) is 0. The Balaban J connectivity index is 3.38. The second kappa shape index (κ2) is 19.6. The average molecular weight is 389 g/mol. The Morgan fingerprint density at radius 3 is 1.63 bits per heavy atom. The predicted octanol–water partition coefficient (Wildman–Crippen LogP) is 3.48. The Labute approximate surface area is 164 Å². The summed E-state index contributed by atoms with van der Waals surface area (Å²) in [5, 5.41) is 28.2. The smallest absolute Gasteiger partial charge is 0.506 e. The van der Waals surface area contributed by atoms with Crippen LogP contribution in [-0.4, -0.2) is 34.9 Å². The summed E-state index contributed by atoms with van der Waals surface area (Å²) in [5.74, 6) is -1.41. The van der Waals surface area contributed by atoms with E-state index in [1.165, 1.54) is 77.0 Å². The van der Waals surface area contributed by atoms with E-state index in [9.17, 15) is 10.1 Å². The maximum Gasteiger partial charge on any atom is 0.506 e. The summed E-state index contributed by atoms with van der Waals surface area (Å²) in [6, 6.07) is 0. The van der Waals surface area contributed by atoms with Gasteiger partial charge in [0, 0.05) is 0 Å². The van der Waals surface area contributed by atoms with Gasteiger partial charge < -0.3 is 15.5 Å². The third-order valence-electron chi connectivity index (χ3n) is 4.74. The SMILES string of the molecule is CCCCCCCCCCCCCCCCCC(OC(=O)C(O)CO)=[O+][O-]. The molecule has 0 aromatic carbocycles. The lowest BCUT2D eigenvalue weighted by Gasteiger charge is -2.03. The Morgan fingerprint density at radius 2 is 1.26 bits per heavy atom. The molecule has 6 nitrogen and oxygen atoms in total. The molecule has 0 fully saturated rings. The fraction of sp³-hybridized carbons (Fsp3) is 0.905. The van der Waals surface area contributed by atoms with Gasteiger partial charge in [0.1, 0.15) is 6.42 Å². The van der Waals surface area contributed by atoms with Crippen LogP contribution in [0.25, 0.3) is 0 Å². The van der Waals surface area contributed by atoms with Gasteiger partial charge in [-0.3, -0.25) is 4.58 Å². The first-order chi connectivity index (χ1) is 13.2. The first kappa shape index (κ1) is 25.9. The van der Waals surface area contributed by atoms with Crippen LogP contribution in [0, 0.1) is 0 Å². The summed E-state index contributed by atoms with van der Waals surface area (Å²) >= 11 is 0. The van der Waals surface area contributed by atoms with Crippen LogP contribution >= 0.6 is 0 Å². The second-order valence-electron chi connectivity index (χ2n) is 7.27. The molecule has 0 aliphatic rings. The maximum atomic E-state index is 11.2. The van der Waals surface area contributed by atoms with Crippen LogP contribution in [0.2, 0.25) is 0 Å². The van der Waals surface area contributed by atoms with E-state index in [2.05, 4.69) is 16.2 Å². The zero-order valence-electron chi connectivity index (χ0n) is 17.1. The Morgan fingerprint density at radius 1 is 0.852 bits per heavy atom. The van der Waals surface area contributed by atoms with Gasteiger partial charge in [0.2, 0.25) is 6.10 Å². The average Bonchev–Trinajstić information content (AvgIpc) is 2.69. The lowest BCUT2D eigenvalue weighted by Crippen LogP contribution is -2.30. The van der Waals surface area contributed by atoms with Crippen molar-refractivity contribution in [3.05, 3.63) is 0 Å². The van der Waals surface area contributed by atoms with Crippen LogP contribution < -0.4 is 5.26 Å². The summed E-state index contributed by atoms with van der Waals surface area (Å²) in [7, 11) is 0. The Bertz CT molecular complexity index is 370. The minimum absolute atomic E-state index is 0.228. The molecule has 0 spiro atoms. The summed E-state index contributed by atoms with van der Waals surface area (Å²) < 4.78 is 8.37. The molecule has 0 amide bonds. The molecule has 0 saturated heterocycles. The summed E-state index contributed by atoms with van der Waals surface area (Å²) in [6.45, 7) is 1.50. The van der Waals surface area contributed by atoms with Crippen LogP contribution in [0.5, 0.6) is 0 Å². The maximum absolute atomic E-state index is 11.2. The van der Waals surface area contributed by atoms with Crippen molar-refractivity contribution in [1.29, 1.82) is 0 Å². The topological polar surface area (TPSA) is 101 Å². The van der Waals surface area contributed by atoms with E-state index in [1.807, 2.05) is 0 Å². The number of hydrogen-bond donors (Lipinski definition) is 2. The minimum atomic E-state index is -1.64. The van der Waals surface area contributed by atoms with Crippen molar-refractivity contribution in [2.45, 2.75) is 116 Å². The molecule has 0 aromatic rings. The highest BCUT2D eigenvalue weighted by Crippen LogP contribution is 2.13. The quantitative estimate of drug-likeness (QED) is 0.0935. The highest BCUT2D eigenvalue weighted by atomic mass is 17.1. The number of aliphatic hydroxyl groups is 2. The Hall–Kier alpha value is -1.14. The number of rotatable bonds is 18. The summed E-state index contributed by atoms with van der Waals surface area (Å²) in [6.07, 6.45) is 17.3. The van der Waals surface area contributed by atoms with Crippen LogP contribution in [0.1, 0.15) is 110 Å². The van der Waals surface area contributed by atoms with Crippen molar-refractivity contribution in [3.63, 3.8) is 0 Å².